The molecule has 20 heavy (non-hydrogen) atoms. The fourth-order valence-corrected chi connectivity index (χ4v) is 2.17. The van der Waals surface area contributed by atoms with E-state index in [1.807, 2.05) is 0 Å². The van der Waals surface area contributed by atoms with Gasteiger partial charge in [-0.25, -0.2) is 9.13 Å². The number of hydrogen-bond acceptors (Lipinski definition) is 8. The molecule has 0 saturated carbocycles. The smallest absolute Gasteiger partial charge is 0.387 e. The van der Waals surface area contributed by atoms with Gasteiger partial charge in [0, 0.05) is 0 Å². The lowest BCUT2D eigenvalue weighted by atomic mass is 10.1. The number of phosphoric ester groups is 2. The lowest BCUT2D eigenvalue weighted by molar-refractivity contribution is -0.245. The summed E-state index contributed by atoms with van der Waals surface area (Å²) in [5, 5.41) is 28.8. The van der Waals surface area contributed by atoms with Crippen molar-refractivity contribution in [3.8, 4) is 0 Å². The summed E-state index contributed by atoms with van der Waals surface area (Å²) < 4.78 is 33.6. The van der Waals surface area contributed by atoms with Crippen molar-refractivity contribution in [2.24, 2.45) is 0 Å². The molecule has 0 amide bonds. The van der Waals surface area contributed by atoms with Gasteiger partial charge in [-0.2, -0.15) is 0 Å². The average Bonchev–Trinajstić information content (AvgIpc) is 2.48. The van der Waals surface area contributed by atoms with Crippen LogP contribution in [0.2, 0.25) is 0 Å². The Morgan fingerprint density at radius 2 is 1.55 bits per heavy atom. The van der Waals surface area contributed by atoms with Gasteiger partial charge >= 0.3 is 15.6 Å². The Labute approximate surface area is 112 Å². The molecule has 7 N–H and O–H groups in total. The van der Waals surface area contributed by atoms with Crippen molar-refractivity contribution in [3.05, 3.63) is 0 Å². The first kappa shape index (κ1) is 18.1. The van der Waals surface area contributed by atoms with E-state index in [0.29, 0.717) is 0 Å². The first-order chi connectivity index (χ1) is 8.84. The molecule has 0 spiro atoms. The molecule has 12 nitrogen and oxygen atoms in total. The maximum absolute atomic E-state index is 10.5. The highest BCUT2D eigenvalue weighted by Crippen LogP contribution is 2.41. The van der Waals surface area contributed by atoms with Crippen LogP contribution < -0.4 is 0 Å². The van der Waals surface area contributed by atoms with Gasteiger partial charge in [-0.05, 0) is 0 Å². The Morgan fingerprint density at radius 1 is 1.05 bits per heavy atom. The normalized spacial score (nSPS) is 35.5. The van der Waals surface area contributed by atoms with Crippen LogP contribution in [-0.2, 0) is 22.9 Å². The van der Waals surface area contributed by atoms with Crippen molar-refractivity contribution >= 4 is 15.6 Å². The van der Waals surface area contributed by atoms with E-state index in [2.05, 4.69) is 13.8 Å². The van der Waals surface area contributed by atoms with E-state index in [-0.39, 0.29) is 0 Å². The van der Waals surface area contributed by atoms with Crippen molar-refractivity contribution in [1.82, 2.24) is 0 Å². The summed E-state index contributed by atoms with van der Waals surface area (Å²) in [7, 11) is -9.82. The monoisotopic (exact) mass is 340 g/mol. The van der Waals surface area contributed by atoms with E-state index in [0.717, 1.165) is 0 Å². The molecule has 0 aromatic rings. The third-order valence-electron chi connectivity index (χ3n) is 2.37. The van der Waals surface area contributed by atoms with Gasteiger partial charge < -0.3 is 39.6 Å². The summed E-state index contributed by atoms with van der Waals surface area (Å²) in [5.41, 5.74) is 0. The Bertz CT molecular complexity index is 428. The molecule has 0 radical (unpaired) electrons. The average molecular weight is 340 g/mol. The lowest BCUT2D eigenvalue weighted by Gasteiger charge is -2.25. The van der Waals surface area contributed by atoms with Crippen LogP contribution in [0.15, 0.2) is 0 Å². The van der Waals surface area contributed by atoms with E-state index < -0.39 is 53.0 Å². The molecule has 0 aliphatic carbocycles. The zero-order valence-corrected chi connectivity index (χ0v) is 11.5. The van der Waals surface area contributed by atoms with Gasteiger partial charge in [-0.3, -0.25) is 9.05 Å². The van der Waals surface area contributed by atoms with Gasteiger partial charge in [0.2, 0.25) is 5.79 Å². The highest BCUT2D eigenvalue weighted by atomic mass is 31.2. The molecule has 0 bridgehead atoms. The van der Waals surface area contributed by atoms with Crippen LogP contribution in [0.3, 0.4) is 0 Å². The molecule has 14 heteroatoms. The Balaban J connectivity index is 2.67. The SMILES string of the molecule is O=P(O)(O)OC[C@H]1OC(O)(COP(=O)(O)O)[C@@H](O)[C@@H]1O. The number of hydrogen-bond donors (Lipinski definition) is 7. The zero-order chi connectivity index (χ0) is 15.8. The second-order valence-corrected chi connectivity index (χ2v) is 6.47. The Hall–Kier alpha value is 0.0600. The van der Waals surface area contributed by atoms with Crippen LogP contribution >= 0.6 is 15.6 Å². The van der Waals surface area contributed by atoms with Gasteiger partial charge in [0.05, 0.1) is 6.61 Å². The van der Waals surface area contributed by atoms with Crippen molar-refractivity contribution in [2.45, 2.75) is 24.1 Å². The van der Waals surface area contributed by atoms with Crippen molar-refractivity contribution < 1.29 is 57.8 Å². The number of aliphatic hydroxyl groups is 3. The molecule has 1 aliphatic heterocycles. The molecule has 1 fully saturated rings. The second-order valence-electron chi connectivity index (χ2n) is 3.99. The Kier molecular flexibility index (Phi) is 5.48. The summed E-state index contributed by atoms with van der Waals surface area (Å²) in [4.78, 5) is 33.9. The van der Waals surface area contributed by atoms with E-state index in [4.69, 9.17) is 19.6 Å². The summed E-state index contributed by atoms with van der Waals surface area (Å²) in [5.74, 6) is -2.66. The summed E-state index contributed by atoms with van der Waals surface area (Å²) >= 11 is 0. The van der Waals surface area contributed by atoms with E-state index in [1.54, 1.807) is 0 Å². The van der Waals surface area contributed by atoms with Crippen LogP contribution in [0.4, 0.5) is 0 Å². The molecular formula is C6H14O12P2. The van der Waals surface area contributed by atoms with Gasteiger partial charge in [0.1, 0.15) is 24.9 Å². The number of rotatable bonds is 6. The molecule has 120 valence electrons. The van der Waals surface area contributed by atoms with Crippen LogP contribution in [0.25, 0.3) is 0 Å². The van der Waals surface area contributed by atoms with Crippen LogP contribution in [-0.4, -0.2) is 72.2 Å². The summed E-state index contributed by atoms with van der Waals surface area (Å²) in [6.07, 6.45) is -5.38. The molecule has 1 rings (SSSR count). The largest absolute Gasteiger partial charge is 0.469 e. The minimum Gasteiger partial charge on any atom is -0.387 e. The van der Waals surface area contributed by atoms with Gasteiger partial charge in [0.25, 0.3) is 0 Å². The predicted octanol–water partition coefficient (Wildman–Crippen LogP) is -2.99. The third kappa shape index (κ3) is 5.11. The van der Waals surface area contributed by atoms with Crippen LogP contribution in [0.5, 0.6) is 0 Å². The van der Waals surface area contributed by atoms with Crippen molar-refractivity contribution in [1.29, 1.82) is 0 Å². The standard InChI is InChI=1S/C6H14O12P2/c7-4-3(1-16-19(10,11)12)18-6(9,5(4)8)2-17-20(13,14)15/h3-5,7-9H,1-2H2,(H2,10,11,12)(H2,13,14,15)/t3-,4-,5+,6?/m1/s1. The van der Waals surface area contributed by atoms with Gasteiger partial charge in [0.15, 0.2) is 0 Å². The summed E-state index contributed by atoms with van der Waals surface area (Å²) in [6, 6.07) is 0. The highest BCUT2D eigenvalue weighted by molar-refractivity contribution is 7.46. The quantitative estimate of drug-likeness (QED) is 0.242. The number of aliphatic hydroxyl groups excluding tert-OH is 2. The number of ether oxygens (including phenoxy) is 1. The third-order valence-corrected chi connectivity index (χ3v) is 3.32. The predicted molar refractivity (Wildman–Crippen MR) is 57.8 cm³/mol. The molecule has 1 unspecified atom stereocenters. The topological polar surface area (TPSA) is 203 Å². The van der Waals surface area contributed by atoms with E-state index in [9.17, 15) is 24.4 Å². The van der Waals surface area contributed by atoms with E-state index >= 15 is 0 Å². The lowest BCUT2D eigenvalue weighted by Crippen LogP contribution is -2.46. The minimum absolute atomic E-state index is 0.874. The van der Waals surface area contributed by atoms with Gasteiger partial charge in [-0.15, -0.1) is 0 Å². The maximum atomic E-state index is 10.5. The molecule has 1 saturated heterocycles. The molecule has 1 aliphatic rings. The van der Waals surface area contributed by atoms with Crippen LogP contribution in [0, 0.1) is 0 Å². The zero-order valence-electron chi connectivity index (χ0n) is 9.71. The summed E-state index contributed by atoms with van der Waals surface area (Å²) in [6.45, 7) is -2.05. The van der Waals surface area contributed by atoms with Gasteiger partial charge in [-0.1, -0.05) is 0 Å². The maximum Gasteiger partial charge on any atom is 0.469 e. The molecule has 4 atom stereocenters. The first-order valence-corrected chi connectivity index (χ1v) is 8.07. The molecule has 1 heterocycles. The molecule has 0 aromatic carbocycles. The minimum atomic E-state index is -4.96. The van der Waals surface area contributed by atoms with Crippen molar-refractivity contribution in [3.63, 3.8) is 0 Å². The molecule has 0 aromatic heterocycles. The molecular weight excluding hydrogens is 326 g/mol. The Morgan fingerprint density at radius 3 is 2.00 bits per heavy atom. The van der Waals surface area contributed by atoms with E-state index in [1.165, 1.54) is 0 Å². The first-order valence-electron chi connectivity index (χ1n) is 5.00. The fraction of sp³-hybridized carbons (Fsp3) is 1.00. The fourth-order valence-electron chi connectivity index (χ4n) is 1.47. The van der Waals surface area contributed by atoms with Crippen molar-refractivity contribution in [2.75, 3.05) is 13.2 Å². The highest BCUT2D eigenvalue weighted by Gasteiger charge is 2.54. The van der Waals surface area contributed by atoms with Crippen LogP contribution in [0.1, 0.15) is 0 Å². The number of phosphoric acid groups is 2. The second kappa shape index (κ2) is 6.05.